The standard InChI is InChI=1S/C17H25NO4/c1-5-10(2)12(4)18(13-6-7-13)17(21)16-11(3)9-22-14(16)8-15(19)20/h9-10,12-13H,5-8H2,1-4H3,(H,19,20). The zero-order valence-corrected chi connectivity index (χ0v) is 13.8. The van der Waals surface area contributed by atoms with E-state index in [2.05, 4.69) is 20.8 Å². The molecule has 1 amide bonds. The molecule has 0 spiro atoms. The van der Waals surface area contributed by atoms with Gasteiger partial charge in [-0.25, -0.2) is 0 Å². The first kappa shape index (κ1) is 16.6. The van der Waals surface area contributed by atoms with Crippen LogP contribution in [0, 0.1) is 12.8 Å². The number of aryl methyl sites for hydroxylation is 1. The maximum Gasteiger partial charge on any atom is 0.311 e. The van der Waals surface area contributed by atoms with E-state index in [-0.39, 0.29) is 30.2 Å². The molecule has 1 heterocycles. The van der Waals surface area contributed by atoms with Gasteiger partial charge in [0.2, 0.25) is 0 Å². The number of amides is 1. The third-order valence-corrected chi connectivity index (χ3v) is 4.66. The number of aliphatic carboxylic acids is 1. The summed E-state index contributed by atoms with van der Waals surface area (Å²) in [5.74, 6) is -0.411. The van der Waals surface area contributed by atoms with Crippen molar-refractivity contribution in [2.24, 2.45) is 5.92 Å². The van der Waals surface area contributed by atoms with Crippen molar-refractivity contribution in [1.29, 1.82) is 0 Å². The quantitative estimate of drug-likeness (QED) is 0.839. The molecule has 2 unspecified atom stereocenters. The predicted molar refractivity (Wildman–Crippen MR) is 82.9 cm³/mol. The second kappa shape index (κ2) is 6.55. The van der Waals surface area contributed by atoms with Gasteiger partial charge in [0.05, 0.1) is 11.8 Å². The van der Waals surface area contributed by atoms with Gasteiger partial charge in [0.1, 0.15) is 12.2 Å². The van der Waals surface area contributed by atoms with Crippen LogP contribution in [0.3, 0.4) is 0 Å². The molecule has 2 rings (SSSR count). The van der Waals surface area contributed by atoms with Crippen LogP contribution in [0.1, 0.15) is 61.7 Å². The summed E-state index contributed by atoms with van der Waals surface area (Å²) in [7, 11) is 0. The lowest BCUT2D eigenvalue weighted by atomic mass is 9.97. The van der Waals surface area contributed by atoms with Gasteiger partial charge in [0.25, 0.3) is 5.91 Å². The minimum absolute atomic E-state index is 0.0854. The molecule has 5 heteroatoms. The highest BCUT2D eigenvalue weighted by molar-refractivity contribution is 5.98. The summed E-state index contributed by atoms with van der Waals surface area (Å²) in [6.07, 6.45) is 4.27. The third kappa shape index (κ3) is 3.34. The van der Waals surface area contributed by atoms with E-state index in [1.54, 1.807) is 6.92 Å². The first-order valence-corrected chi connectivity index (χ1v) is 7.98. The van der Waals surface area contributed by atoms with Crippen LogP contribution in [0.2, 0.25) is 0 Å². The highest BCUT2D eigenvalue weighted by Gasteiger charge is 2.39. The van der Waals surface area contributed by atoms with Gasteiger partial charge in [0.15, 0.2) is 0 Å². The van der Waals surface area contributed by atoms with Crippen LogP contribution in [-0.2, 0) is 11.2 Å². The molecule has 0 saturated heterocycles. The lowest BCUT2D eigenvalue weighted by molar-refractivity contribution is -0.136. The highest BCUT2D eigenvalue weighted by atomic mass is 16.4. The SMILES string of the molecule is CCC(C)C(C)N(C(=O)c1c(C)coc1CC(=O)O)C1CC1. The first-order chi connectivity index (χ1) is 10.4. The van der Waals surface area contributed by atoms with Crippen molar-refractivity contribution in [3.63, 3.8) is 0 Å². The van der Waals surface area contributed by atoms with Crippen molar-refractivity contribution in [3.05, 3.63) is 23.2 Å². The highest BCUT2D eigenvalue weighted by Crippen LogP contribution is 2.34. The molecule has 22 heavy (non-hydrogen) atoms. The Labute approximate surface area is 131 Å². The Morgan fingerprint density at radius 3 is 2.55 bits per heavy atom. The molecule has 1 aliphatic rings. The fourth-order valence-corrected chi connectivity index (χ4v) is 2.83. The number of carboxylic acids is 1. The van der Waals surface area contributed by atoms with Gasteiger partial charge in [-0.2, -0.15) is 0 Å². The molecule has 1 N–H and O–H groups in total. The van der Waals surface area contributed by atoms with Gasteiger partial charge in [0, 0.05) is 17.6 Å². The minimum Gasteiger partial charge on any atom is -0.481 e. The maximum absolute atomic E-state index is 13.0. The van der Waals surface area contributed by atoms with Gasteiger partial charge in [-0.15, -0.1) is 0 Å². The second-order valence-corrected chi connectivity index (χ2v) is 6.36. The molecule has 1 aromatic heterocycles. The smallest absolute Gasteiger partial charge is 0.311 e. The van der Waals surface area contributed by atoms with Crippen LogP contribution >= 0.6 is 0 Å². The Kier molecular flexibility index (Phi) is 4.94. The molecule has 0 aromatic carbocycles. The van der Waals surface area contributed by atoms with Crippen molar-refractivity contribution >= 4 is 11.9 Å². The van der Waals surface area contributed by atoms with E-state index in [1.807, 2.05) is 4.90 Å². The van der Waals surface area contributed by atoms with E-state index in [0.717, 1.165) is 19.3 Å². The summed E-state index contributed by atoms with van der Waals surface area (Å²) < 4.78 is 5.32. The zero-order valence-electron chi connectivity index (χ0n) is 13.8. The summed E-state index contributed by atoms with van der Waals surface area (Å²) in [6, 6.07) is 0.417. The number of carbonyl (C=O) groups is 2. The minimum atomic E-state index is -0.989. The van der Waals surface area contributed by atoms with Gasteiger partial charge in [-0.3, -0.25) is 9.59 Å². The molecule has 1 saturated carbocycles. The predicted octanol–water partition coefficient (Wildman–Crippen LogP) is 3.25. The van der Waals surface area contributed by atoms with Crippen molar-refractivity contribution < 1.29 is 19.1 Å². The van der Waals surface area contributed by atoms with E-state index in [0.29, 0.717) is 17.0 Å². The number of carboxylic acid groups (broad SMARTS) is 1. The molecule has 0 aliphatic heterocycles. The van der Waals surface area contributed by atoms with E-state index < -0.39 is 5.97 Å². The van der Waals surface area contributed by atoms with Crippen LogP contribution in [-0.4, -0.2) is 34.0 Å². The fraction of sp³-hybridized carbons (Fsp3) is 0.647. The first-order valence-electron chi connectivity index (χ1n) is 7.98. The van der Waals surface area contributed by atoms with Crippen LogP contribution in [0.15, 0.2) is 10.7 Å². The zero-order chi connectivity index (χ0) is 16.4. The Bertz CT molecular complexity index is 559. The van der Waals surface area contributed by atoms with Gasteiger partial charge < -0.3 is 14.4 Å². The number of rotatable bonds is 7. The van der Waals surface area contributed by atoms with E-state index in [4.69, 9.17) is 9.52 Å². The fourth-order valence-electron chi connectivity index (χ4n) is 2.83. The number of hydrogen-bond donors (Lipinski definition) is 1. The summed E-state index contributed by atoms with van der Waals surface area (Å²) >= 11 is 0. The molecule has 5 nitrogen and oxygen atoms in total. The number of hydrogen-bond acceptors (Lipinski definition) is 3. The maximum atomic E-state index is 13.0. The molecular weight excluding hydrogens is 282 g/mol. The molecule has 1 aromatic rings. The Hall–Kier alpha value is -1.78. The molecule has 1 fully saturated rings. The van der Waals surface area contributed by atoms with Crippen LogP contribution in [0.5, 0.6) is 0 Å². The summed E-state index contributed by atoms with van der Waals surface area (Å²) in [6.45, 7) is 8.14. The monoisotopic (exact) mass is 307 g/mol. The van der Waals surface area contributed by atoms with Crippen LogP contribution in [0.4, 0.5) is 0 Å². The molecular formula is C17H25NO4. The number of carbonyl (C=O) groups excluding carboxylic acids is 1. The van der Waals surface area contributed by atoms with E-state index in [9.17, 15) is 9.59 Å². The van der Waals surface area contributed by atoms with Gasteiger partial charge in [-0.1, -0.05) is 20.3 Å². The van der Waals surface area contributed by atoms with Crippen LogP contribution < -0.4 is 0 Å². The van der Waals surface area contributed by atoms with Crippen molar-refractivity contribution in [3.8, 4) is 0 Å². The molecule has 122 valence electrons. The molecule has 1 aliphatic carbocycles. The Morgan fingerprint density at radius 1 is 1.41 bits per heavy atom. The number of furan rings is 1. The lowest BCUT2D eigenvalue weighted by Gasteiger charge is -2.33. The Balaban J connectivity index is 2.31. The molecule has 0 radical (unpaired) electrons. The lowest BCUT2D eigenvalue weighted by Crippen LogP contribution is -2.44. The van der Waals surface area contributed by atoms with Crippen molar-refractivity contribution in [2.45, 2.75) is 65.5 Å². The van der Waals surface area contributed by atoms with E-state index >= 15 is 0 Å². The average molecular weight is 307 g/mol. The van der Waals surface area contributed by atoms with Gasteiger partial charge in [-0.05, 0) is 32.6 Å². The van der Waals surface area contributed by atoms with Crippen LogP contribution in [0.25, 0.3) is 0 Å². The Morgan fingerprint density at radius 2 is 2.05 bits per heavy atom. The van der Waals surface area contributed by atoms with Gasteiger partial charge >= 0.3 is 5.97 Å². The third-order valence-electron chi connectivity index (χ3n) is 4.66. The summed E-state index contributed by atoms with van der Waals surface area (Å²) in [5, 5.41) is 8.99. The molecule has 0 bridgehead atoms. The van der Waals surface area contributed by atoms with Crippen molar-refractivity contribution in [1.82, 2.24) is 4.90 Å². The van der Waals surface area contributed by atoms with E-state index in [1.165, 1.54) is 6.26 Å². The summed E-state index contributed by atoms with van der Waals surface area (Å²) in [4.78, 5) is 26.0. The molecule has 2 atom stereocenters. The second-order valence-electron chi connectivity index (χ2n) is 6.36. The number of nitrogens with zero attached hydrogens (tertiary/aromatic N) is 1. The van der Waals surface area contributed by atoms with Crippen molar-refractivity contribution in [2.75, 3.05) is 0 Å². The summed E-state index contributed by atoms with van der Waals surface area (Å²) in [5.41, 5.74) is 1.15. The normalized spacial score (nSPS) is 17.1. The average Bonchev–Trinajstić information content (AvgIpc) is 3.22. The topological polar surface area (TPSA) is 70.8 Å². The largest absolute Gasteiger partial charge is 0.481 e.